The Hall–Kier alpha value is -3.18. The van der Waals surface area contributed by atoms with Gasteiger partial charge in [0.05, 0.1) is 24.3 Å². The Morgan fingerprint density at radius 3 is 0.929 bits per heavy atom. The fourth-order valence-electron chi connectivity index (χ4n) is 3.25. The van der Waals surface area contributed by atoms with E-state index in [0.29, 0.717) is 12.1 Å². The van der Waals surface area contributed by atoms with Gasteiger partial charge in [-0.1, -0.05) is 0 Å². The summed E-state index contributed by atoms with van der Waals surface area (Å²) in [5.41, 5.74) is 0. The Balaban J connectivity index is 4.05. The SMILES string of the molecule is N#CCCCNS(=O)(=O)c1ccc(S(=O)(=O)NCCCC#N)c(S(=O)(=O)NCCCC#N)c1S(=O)(=O)NCCCC#N. The molecule has 0 unspecified atom stereocenters. The molecule has 0 spiro atoms. The minimum atomic E-state index is -5.09. The number of sulfonamides is 4. The summed E-state index contributed by atoms with van der Waals surface area (Å²) in [7, 11) is -19.8. The lowest BCUT2D eigenvalue weighted by Crippen LogP contribution is -2.36. The second kappa shape index (κ2) is 17.1. The summed E-state index contributed by atoms with van der Waals surface area (Å²) in [6.07, 6.45) is -0.274. The molecule has 4 N–H and O–H groups in total. The molecular weight excluding hydrogens is 633 g/mol. The molecule has 0 radical (unpaired) electrons. The van der Waals surface area contributed by atoms with Crippen LogP contribution in [-0.2, 0) is 40.1 Å². The van der Waals surface area contributed by atoms with E-state index in [1.54, 1.807) is 24.3 Å². The summed E-state index contributed by atoms with van der Waals surface area (Å²) in [5, 5.41) is 34.9. The van der Waals surface area contributed by atoms with Gasteiger partial charge in [-0.2, -0.15) is 21.0 Å². The first-order valence-electron chi connectivity index (χ1n) is 12.3. The molecule has 1 rings (SSSR count). The summed E-state index contributed by atoms with van der Waals surface area (Å²) in [6.45, 7) is -1.47. The smallest absolute Gasteiger partial charge is 0.211 e. The standard InChI is InChI=1S/C22H30N8O8S4/c23-11-1-5-15-27-39(31,32)19-9-10-20(40(33,34)28-16-6-2-12-24)22(42(37,38)30-18-8-4-14-26)21(19)41(35,36)29-17-7-3-13-25/h9-10,27-30H,1-8,15-18H2. The van der Waals surface area contributed by atoms with E-state index in [4.69, 9.17) is 21.0 Å². The van der Waals surface area contributed by atoms with E-state index in [0.717, 1.165) is 0 Å². The molecule has 0 heterocycles. The lowest BCUT2D eigenvalue weighted by molar-refractivity contribution is 0.546. The van der Waals surface area contributed by atoms with E-state index in [9.17, 15) is 33.7 Å². The van der Waals surface area contributed by atoms with Gasteiger partial charge in [0.1, 0.15) is 19.6 Å². The molecule has 0 amide bonds. The monoisotopic (exact) mass is 662 g/mol. The summed E-state index contributed by atoms with van der Waals surface area (Å²) in [4.78, 5) is -4.90. The maximum absolute atomic E-state index is 13.5. The summed E-state index contributed by atoms with van der Waals surface area (Å²) in [6, 6.07) is 8.46. The summed E-state index contributed by atoms with van der Waals surface area (Å²) in [5.74, 6) is 0. The van der Waals surface area contributed by atoms with Crippen LogP contribution in [0, 0.1) is 45.3 Å². The number of hydrogen-bond donors (Lipinski definition) is 4. The molecule has 16 nitrogen and oxygen atoms in total. The zero-order valence-corrected chi connectivity index (χ0v) is 25.6. The van der Waals surface area contributed by atoms with Gasteiger partial charge in [0.25, 0.3) is 0 Å². The van der Waals surface area contributed by atoms with Gasteiger partial charge in [-0.15, -0.1) is 0 Å². The van der Waals surface area contributed by atoms with Gasteiger partial charge >= 0.3 is 0 Å². The van der Waals surface area contributed by atoms with Crippen molar-refractivity contribution in [2.45, 2.75) is 70.9 Å². The highest BCUT2D eigenvalue weighted by atomic mass is 32.2. The second-order valence-electron chi connectivity index (χ2n) is 8.36. The summed E-state index contributed by atoms with van der Waals surface area (Å²) >= 11 is 0. The van der Waals surface area contributed by atoms with E-state index < -0.39 is 72.8 Å². The topological polar surface area (TPSA) is 280 Å². The Kier molecular flexibility index (Phi) is 15.0. The normalized spacial score (nSPS) is 12.1. The number of hydrogen-bond acceptors (Lipinski definition) is 12. The molecule has 20 heteroatoms. The molecule has 0 saturated heterocycles. The molecule has 230 valence electrons. The molecule has 0 saturated carbocycles. The molecular formula is C22H30N8O8S4. The van der Waals surface area contributed by atoms with Crippen LogP contribution in [0.15, 0.2) is 31.7 Å². The molecule has 1 aromatic carbocycles. The number of benzene rings is 1. The first-order chi connectivity index (χ1) is 19.7. The van der Waals surface area contributed by atoms with E-state index >= 15 is 0 Å². The number of nitriles is 4. The van der Waals surface area contributed by atoms with E-state index in [1.165, 1.54) is 0 Å². The minimum Gasteiger partial charge on any atom is -0.211 e. The lowest BCUT2D eigenvalue weighted by atomic mass is 10.3. The third-order valence-electron chi connectivity index (χ3n) is 5.19. The third-order valence-corrected chi connectivity index (χ3v) is 11.7. The largest absolute Gasteiger partial charge is 0.243 e. The van der Waals surface area contributed by atoms with Crippen molar-refractivity contribution in [2.24, 2.45) is 0 Å². The molecule has 0 aliphatic rings. The molecule has 0 aliphatic heterocycles. The predicted octanol–water partition coefficient (Wildman–Crippen LogP) is 0.0149. The first-order valence-corrected chi connectivity index (χ1v) is 18.3. The number of rotatable bonds is 20. The Bertz CT molecular complexity index is 1570. The molecule has 0 bridgehead atoms. The van der Waals surface area contributed by atoms with Gasteiger partial charge < -0.3 is 0 Å². The third kappa shape index (κ3) is 10.9. The average molecular weight is 663 g/mol. The van der Waals surface area contributed by atoms with Gasteiger partial charge in [-0.05, 0) is 37.8 Å². The maximum Gasteiger partial charge on any atom is 0.243 e. The van der Waals surface area contributed by atoms with Crippen LogP contribution in [-0.4, -0.2) is 59.9 Å². The van der Waals surface area contributed by atoms with Gasteiger partial charge in [-0.3, -0.25) is 0 Å². The highest BCUT2D eigenvalue weighted by molar-refractivity contribution is 7.95. The van der Waals surface area contributed by atoms with Gasteiger partial charge in [0.15, 0.2) is 0 Å². The Morgan fingerprint density at radius 1 is 0.452 bits per heavy atom. The van der Waals surface area contributed by atoms with Crippen LogP contribution < -0.4 is 18.9 Å². The minimum absolute atomic E-state index is 0.0306. The Labute approximate surface area is 246 Å². The highest BCUT2D eigenvalue weighted by Gasteiger charge is 2.39. The van der Waals surface area contributed by atoms with Crippen LogP contribution in [0.4, 0.5) is 0 Å². The van der Waals surface area contributed by atoms with E-state index in [-0.39, 0.29) is 64.5 Å². The van der Waals surface area contributed by atoms with Crippen molar-refractivity contribution in [3.63, 3.8) is 0 Å². The van der Waals surface area contributed by atoms with Crippen LogP contribution in [0.1, 0.15) is 51.4 Å². The maximum atomic E-state index is 13.5. The molecule has 0 aliphatic carbocycles. The zero-order chi connectivity index (χ0) is 31.9. The van der Waals surface area contributed by atoms with Crippen LogP contribution in [0.5, 0.6) is 0 Å². The van der Waals surface area contributed by atoms with Crippen LogP contribution in [0.2, 0.25) is 0 Å². The molecule has 42 heavy (non-hydrogen) atoms. The van der Waals surface area contributed by atoms with E-state index in [1.807, 2.05) is 9.44 Å². The van der Waals surface area contributed by atoms with Crippen LogP contribution in [0.3, 0.4) is 0 Å². The summed E-state index contributed by atoms with van der Waals surface area (Å²) < 4.78 is 115. The van der Waals surface area contributed by atoms with Crippen molar-refractivity contribution in [2.75, 3.05) is 26.2 Å². The molecule has 0 atom stereocenters. The van der Waals surface area contributed by atoms with Gasteiger partial charge in [0, 0.05) is 51.9 Å². The van der Waals surface area contributed by atoms with Gasteiger partial charge in [-0.25, -0.2) is 52.6 Å². The van der Waals surface area contributed by atoms with Crippen molar-refractivity contribution in [1.29, 1.82) is 21.0 Å². The van der Waals surface area contributed by atoms with Crippen molar-refractivity contribution >= 4 is 40.1 Å². The van der Waals surface area contributed by atoms with Crippen LogP contribution >= 0.6 is 0 Å². The second-order valence-corrected chi connectivity index (χ2v) is 15.2. The first kappa shape index (κ1) is 36.8. The van der Waals surface area contributed by atoms with E-state index in [2.05, 4.69) is 9.44 Å². The lowest BCUT2D eigenvalue weighted by Gasteiger charge is -2.20. The molecule has 1 aromatic rings. The van der Waals surface area contributed by atoms with Crippen LogP contribution in [0.25, 0.3) is 0 Å². The predicted molar refractivity (Wildman–Crippen MR) is 147 cm³/mol. The molecule has 0 aromatic heterocycles. The highest BCUT2D eigenvalue weighted by Crippen LogP contribution is 2.34. The van der Waals surface area contributed by atoms with Crippen molar-refractivity contribution < 1.29 is 33.7 Å². The Morgan fingerprint density at radius 2 is 0.690 bits per heavy atom. The zero-order valence-electron chi connectivity index (χ0n) is 22.3. The quantitative estimate of drug-likeness (QED) is 0.134. The van der Waals surface area contributed by atoms with Crippen molar-refractivity contribution in [1.82, 2.24) is 18.9 Å². The fraction of sp³-hybridized carbons (Fsp3) is 0.545. The van der Waals surface area contributed by atoms with Crippen molar-refractivity contribution in [3.05, 3.63) is 12.1 Å². The number of nitrogens with zero attached hydrogens (tertiary/aromatic N) is 4. The number of nitrogens with one attached hydrogen (secondary N) is 4. The number of unbranched alkanes of at least 4 members (excludes halogenated alkanes) is 4. The fourth-order valence-corrected chi connectivity index (χ4v) is 10.2. The van der Waals surface area contributed by atoms with Crippen molar-refractivity contribution in [3.8, 4) is 24.3 Å². The average Bonchev–Trinajstić information content (AvgIpc) is 2.93. The molecule has 0 fully saturated rings. The van der Waals surface area contributed by atoms with Gasteiger partial charge in [0.2, 0.25) is 40.1 Å².